The van der Waals surface area contributed by atoms with Crippen LogP contribution in [0, 0.1) is 18.3 Å². The van der Waals surface area contributed by atoms with Crippen LogP contribution >= 0.6 is 11.6 Å². The molecule has 4 rings (SSSR count). The number of fused-ring (bicyclic) bond motifs is 1. The zero-order valence-electron chi connectivity index (χ0n) is 9.26. The second-order valence-corrected chi connectivity index (χ2v) is 4.37. The molecule has 1 heteroatoms. The van der Waals surface area contributed by atoms with Crippen molar-refractivity contribution in [3.05, 3.63) is 40.8 Å². The van der Waals surface area contributed by atoms with E-state index in [0.29, 0.717) is 11.0 Å². The Labute approximate surface area is 86.8 Å². The summed E-state index contributed by atoms with van der Waals surface area (Å²) in [4.78, 5) is 0. The van der Waals surface area contributed by atoms with E-state index in [1.165, 1.54) is 0 Å². The van der Waals surface area contributed by atoms with Crippen molar-refractivity contribution in [3.63, 3.8) is 0 Å². The number of hydrogen-bond donors (Lipinski definition) is 0. The zero-order valence-corrected chi connectivity index (χ0v) is 8.01. The molecule has 0 aromatic heterocycles. The molecule has 0 amide bonds. The highest BCUT2D eigenvalue weighted by molar-refractivity contribution is 6.31. The van der Waals surface area contributed by atoms with Gasteiger partial charge in [0.05, 0.1) is 5.57 Å². The minimum Gasteiger partial charge on any atom is -0.0339 e. The smallest absolute Gasteiger partial charge is 0.0339 e. The van der Waals surface area contributed by atoms with Crippen molar-refractivity contribution >= 4 is 11.6 Å². The fraction of sp³-hybridized carbons (Fsp3) is 0.417. The molecule has 2 bridgehead atoms. The molecule has 0 atom stereocenters. The highest BCUT2D eigenvalue weighted by atomic mass is 35.5. The normalized spacial score (nSPS) is 47.3. The third-order valence-electron chi connectivity index (χ3n) is 3.06. The van der Waals surface area contributed by atoms with Crippen molar-refractivity contribution in [2.24, 2.45) is 11.8 Å². The third kappa shape index (κ3) is 1.16. The standard InChI is InChI=1S/C12H12Cl/c13-11-3-1-9(2-4-11)12-7-8-5-10(12)6-8/h1-4,8,10H,5-7H2/q+1/i7D2. The molecular weight excluding hydrogens is 180 g/mol. The van der Waals surface area contributed by atoms with Crippen molar-refractivity contribution in [1.29, 1.82) is 0 Å². The SMILES string of the molecule is [2H]C1([2H])/C(=C2/C=CC(Cl)=C[CH+]2)C2CC1C2. The summed E-state index contributed by atoms with van der Waals surface area (Å²) >= 11 is 5.83. The van der Waals surface area contributed by atoms with Gasteiger partial charge in [-0.3, -0.25) is 0 Å². The molecule has 0 heterocycles. The molecule has 4 aliphatic rings. The van der Waals surface area contributed by atoms with Crippen LogP contribution in [0.1, 0.15) is 22.0 Å². The quantitative estimate of drug-likeness (QED) is 0.516. The summed E-state index contributed by atoms with van der Waals surface area (Å²) < 4.78 is 16.2. The van der Waals surface area contributed by atoms with Crippen molar-refractivity contribution in [1.82, 2.24) is 0 Å². The van der Waals surface area contributed by atoms with Crippen molar-refractivity contribution in [2.45, 2.75) is 19.2 Å². The van der Waals surface area contributed by atoms with Gasteiger partial charge in [-0.15, -0.1) is 0 Å². The monoisotopic (exact) mass is 193 g/mol. The van der Waals surface area contributed by atoms with Crippen molar-refractivity contribution < 1.29 is 2.74 Å². The molecule has 4 aliphatic carbocycles. The van der Waals surface area contributed by atoms with E-state index in [9.17, 15) is 0 Å². The first-order valence-electron chi connectivity index (χ1n) is 5.72. The Morgan fingerprint density at radius 2 is 2.31 bits per heavy atom. The Kier molecular flexibility index (Phi) is 1.23. The van der Waals surface area contributed by atoms with Crippen molar-refractivity contribution in [3.8, 4) is 0 Å². The molecule has 0 aromatic rings. The molecule has 0 radical (unpaired) electrons. The lowest BCUT2D eigenvalue weighted by molar-refractivity contribution is 0.316. The van der Waals surface area contributed by atoms with E-state index in [2.05, 4.69) is 0 Å². The molecule has 13 heavy (non-hydrogen) atoms. The highest BCUT2D eigenvalue weighted by Crippen LogP contribution is 2.53. The Hall–Kier alpha value is -0.620. The van der Waals surface area contributed by atoms with Gasteiger partial charge < -0.3 is 0 Å². The fourth-order valence-electron chi connectivity index (χ4n) is 2.26. The van der Waals surface area contributed by atoms with Crippen LogP contribution in [0.5, 0.6) is 0 Å². The maximum Gasteiger partial charge on any atom is 0.119 e. The average molecular weight is 194 g/mol. The Morgan fingerprint density at radius 3 is 2.85 bits per heavy atom. The van der Waals surface area contributed by atoms with Crippen LogP contribution in [0.3, 0.4) is 0 Å². The summed E-state index contributed by atoms with van der Waals surface area (Å²) in [6, 6.07) is 0. The number of rotatable bonds is 0. The Bertz CT molecular complexity index is 398. The molecule has 0 saturated heterocycles. The maximum absolute atomic E-state index is 8.08. The minimum absolute atomic E-state index is 0.258. The zero-order chi connectivity index (χ0) is 10.6. The topological polar surface area (TPSA) is 0 Å². The first-order chi connectivity index (χ1) is 7.09. The number of hydrogen-bond acceptors (Lipinski definition) is 0. The maximum atomic E-state index is 8.08. The van der Waals surface area contributed by atoms with E-state index in [4.69, 9.17) is 14.3 Å². The van der Waals surface area contributed by atoms with E-state index in [1.54, 1.807) is 0 Å². The van der Waals surface area contributed by atoms with Crippen LogP contribution in [0.4, 0.5) is 0 Å². The Balaban J connectivity index is 2.01. The van der Waals surface area contributed by atoms with Crippen LogP contribution in [-0.4, -0.2) is 0 Å². The van der Waals surface area contributed by atoms with Gasteiger partial charge in [0.1, 0.15) is 5.03 Å². The lowest BCUT2D eigenvalue weighted by Crippen LogP contribution is -2.11. The lowest BCUT2D eigenvalue weighted by atomic mass is 9.83. The molecule has 3 fully saturated rings. The van der Waals surface area contributed by atoms with Crippen LogP contribution in [-0.2, 0) is 0 Å². The van der Waals surface area contributed by atoms with Gasteiger partial charge in [0.2, 0.25) is 0 Å². The average Bonchev–Trinajstić information content (AvgIpc) is 2.50. The third-order valence-corrected chi connectivity index (χ3v) is 3.31. The summed E-state index contributed by atoms with van der Waals surface area (Å²) in [5.74, 6) is 0.736. The second kappa shape index (κ2) is 2.68. The van der Waals surface area contributed by atoms with Gasteiger partial charge in [0, 0.05) is 45.3 Å². The van der Waals surface area contributed by atoms with E-state index >= 15 is 0 Å². The van der Waals surface area contributed by atoms with Crippen LogP contribution in [0.25, 0.3) is 0 Å². The summed E-state index contributed by atoms with van der Waals surface area (Å²) in [6.45, 7) is 0. The summed E-state index contributed by atoms with van der Waals surface area (Å²) in [5.41, 5.74) is 2.04. The van der Waals surface area contributed by atoms with Gasteiger partial charge in [-0.05, 0) is 30.4 Å². The highest BCUT2D eigenvalue weighted by Gasteiger charge is 2.44. The molecule has 0 aliphatic heterocycles. The summed E-state index contributed by atoms with van der Waals surface area (Å²) in [6.07, 6.45) is 8.55. The minimum atomic E-state index is -1.08. The largest absolute Gasteiger partial charge is 0.119 e. The van der Waals surface area contributed by atoms with Gasteiger partial charge >= 0.3 is 0 Å². The first-order valence-corrected chi connectivity index (χ1v) is 5.10. The van der Waals surface area contributed by atoms with E-state index in [0.717, 1.165) is 24.0 Å². The van der Waals surface area contributed by atoms with E-state index in [1.807, 2.05) is 24.6 Å². The second-order valence-electron chi connectivity index (χ2n) is 3.93. The van der Waals surface area contributed by atoms with Crippen LogP contribution < -0.4 is 0 Å². The molecule has 0 nitrogen and oxygen atoms in total. The van der Waals surface area contributed by atoms with Crippen molar-refractivity contribution in [2.75, 3.05) is 0 Å². The first kappa shape index (κ1) is 5.98. The predicted octanol–water partition coefficient (Wildman–Crippen LogP) is 3.61. The van der Waals surface area contributed by atoms with Crippen LogP contribution in [0.2, 0.25) is 0 Å². The van der Waals surface area contributed by atoms with Gasteiger partial charge in [-0.25, -0.2) is 0 Å². The number of halogens is 1. The summed E-state index contributed by atoms with van der Waals surface area (Å²) in [7, 11) is 0. The van der Waals surface area contributed by atoms with Gasteiger partial charge in [-0.2, -0.15) is 0 Å². The van der Waals surface area contributed by atoms with Gasteiger partial charge in [0.25, 0.3) is 0 Å². The molecule has 3 saturated carbocycles. The summed E-state index contributed by atoms with van der Waals surface area (Å²) in [5, 5.41) is 0.713. The fourth-order valence-corrected chi connectivity index (χ4v) is 2.38. The molecule has 0 aromatic carbocycles. The predicted molar refractivity (Wildman–Crippen MR) is 55.2 cm³/mol. The van der Waals surface area contributed by atoms with Gasteiger partial charge in [0.15, 0.2) is 0 Å². The molecule has 0 unspecified atom stereocenters. The van der Waals surface area contributed by atoms with Gasteiger partial charge in [-0.1, -0.05) is 0 Å². The molecule has 0 N–H and O–H groups in total. The lowest BCUT2D eigenvalue weighted by Gasteiger charge is -2.20. The molecule has 66 valence electrons. The number of allylic oxidation sites excluding steroid dienone is 6. The van der Waals surface area contributed by atoms with E-state index < -0.39 is 6.37 Å². The van der Waals surface area contributed by atoms with Crippen LogP contribution in [0.15, 0.2) is 34.4 Å². The molecular formula is C12H12Cl+. The molecule has 0 spiro atoms. The van der Waals surface area contributed by atoms with E-state index in [-0.39, 0.29) is 5.92 Å². The Morgan fingerprint density at radius 1 is 1.46 bits per heavy atom.